The van der Waals surface area contributed by atoms with Gasteiger partial charge < -0.3 is 11.5 Å². The maximum Gasteiger partial charge on any atom is 0.158 e. The van der Waals surface area contributed by atoms with E-state index in [9.17, 15) is 0 Å². The molecule has 0 bridgehead atoms. The summed E-state index contributed by atoms with van der Waals surface area (Å²) in [5.41, 5.74) is 13.4. The van der Waals surface area contributed by atoms with E-state index in [0.717, 1.165) is 11.0 Å². The highest BCUT2D eigenvalue weighted by Gasteiger charge is 2.07. The van der Waals surface area contributed by atoms with Crippen LogP contribution in [0.5, 0.6) is 0 Å². The molecular formula is C11H10N6. The quantitative estimate of drug-likeness (QED) is 0.644. The van der Waals surface area contributed by atoms with Gasteiger partial charge in [-0.25, -0.2) is 4.98 Å². The van der Waals surface area contributed by atoms with Crippen LogP contribution in [0.25, 0.3) is 16.9 Å². The van der Waals surface area contributed by atoms with Crippen molar-refractivity contribution in [2.24, 2.45) is 0 Å². The Morgan fingerprint density at radius 3 is 2.65 bits per heavy atom. The van der Waals surface area contributed by atoms with Crippen molar-refractivity contribution < 1.29 is 0 Å². The summed E-state index contributed by atoms with van der Waals surface area (Å²) in [5, 5.41) is 8.09. The van der Waals surface area contributed by atoms with E-state index in [1.165, 1.54) is 0 Å². The van der Waals surface area contributed by atoms with Crippen molar-refractivity contribution >= 4 is 22.5 Å². The van der Waals surface area contributed by atoms with Gasteiger partial charge in [0.25, 0.3) is 0 Å². The first-order valence-corrected chi connectivity index (χ1v) is 5.08. The molecule has 0 saturated carbocycles. The van der Waals surface area contributed by atoms with Gasteiger partial charge in [0.2, 0.25) is 0 Å². The molecule has 2 aromatic heterocycles. The lowest BCUT2D eigenvalue weighted by molar-refractivity contribution is 0.803. The summed E-state index contributed by atoms with van der Waals surface area (Å²) >= 11 is 0. The molecule has 2 heterocycles. The minimum atomic E-state index is 0.294. The molecule has 0 aliphatic heterocycles. The van der Waals surface area contributed by atoms with Gasteiger partial charge in [-0.1, -0.05) is 17.3 Å². The number of hydrogen-bond acceptors (Lipinski definition) is 5. The molecule has 0 saturated heterocycles. The maximum atomic E-state index is 5.67. The third-order valence-electron chi connectivity index (χ3n) is 2.51. The molecule has 0 radical (unpaired) electrons. The number of para-hydroxylation sites is 1. The Hall–Kier alpha value is -2.63. The maximum absolute atomic E-state index is 5.67. The fraction of sp³-hybridized carbons (Fsp3) is 0. The van der Waals surface area contributed by atoms with Gasteiger partial charge in [0, 0.05) is 0 Å². The fourth-order valence-corrected chi connectivity index (χ4v) is 1.63. The largest absolute Gasteiger partial charge is 0.396 e. The molecule has 0 aliphatic rings. The first-order chi connectivity index (χ1) is 8.25. The smallest absolute Gasteiger partial charge is 0.158 e. The zero-order valence-corrected chi connectivity index (χ0v) is 8.91. The van der Waals surface area contributed by atoms with Crippen LogP contribution in [0.15, 0.2) is 36.4 Å². The molecule has 0 atom stereocenters. The number of nitrogens with two attached hydrogens (primary N) is 2. The normalized spacial score (nSPS) is 10.8. The summed E-state index contributed by atoms with van der Waals surface area (Å²) in [6.45, 7) is 0. The minimum absolute atomic E-state index is 0.294. The summed E-state index contributed by atoms with van der Waals surface area (Å²) in [6.07, 6.45) is 0. The standard InChI is InChI=1S/C11H10N6/c12-7-5-6-10(14-11(7)13)17-9-4-2-1-3-8(9)15-16-17/h1-6H,12H2,(H2,13,14). The van der Waals surface area contributed by atoms with Crippen molar-refractivity contribution in [1.82, 2.24) is 20.0 Å². The predicted octanol–water partition coefficient (Wildman–Crippen LogP) is 0.980. The number of fused-ring (bicyclic) bond motifs is 1. The second-order valence-electron chi connectivity index (χ2n) is 3.63. The topological polar surface area (TPSA) is 95.6 Å². The molecule has 3 rings (SSSR count). The SMILES string of the molecule is Nc1ccc(-n2nnc3ccccc32)nc1N. The molecule has 17 heavy (non-hydrogen) atoms. The lowest BCUT2D eigenvalue weighted by Gasteiger charge is -2.03. The van der Waals surface area contributed by atoms with Crippen molar-refractivity contribution in [3.63, 3.8) is 0 Å². The van der Waals surface area contributed by atoms with Crippen molar-refractivity contribution in [3.05, 3.63) is 36.4 Å². The molecule has 6 heteroatoms. The van der Waals surface area contributed by atoms with Gasteiger partial charge in [-0.05, 0) is 24.3 Å². The molecular weight excluding hydrogens is 216 g/mol. The number of pyridine rings is 1. The van der Waals surface area contributed by atoms with Crippen LogP contribution in [0.1, 0.15) is 0 Å². The number of hydrogen-bond donors (Lipinski definition) is 2. The predicted molar refractivity (Wildman–Crippen MR) is 65.5 cm³/mol. The first-order valence-electron chi connectivity index (χ1n) is 5.08. The van der Waals surface area contributed by atoms with E-state index in [4.69, 9.17) is 11.5 Å². The number of rotatable bonds is 1. The lowest BCUT2D eigenvalue weighted by Crippen LogP contribution is -2.04. The Morgan fingerprint density at radius 2 is 1.82 bits per heavy atom. The molecule has 0 spiro atoms. The van der Waals surface area contributed by atoms with Gasteiger partial charge >= 0.3 is 0 Å². The van der Waals surface area contributed by atoms with Crippen LogP contribution in [-0.4, -0.2) is 20.0 Å². The zero-order chi connectivity index (χ0) is 11.8. The van der Waals surface area contributed by atoms with E-state index < -0.39 is 0 Å². The summed E-state index contributed by atoms with van der Waals surface area (Å²) in [6, 6.07) is 11.1. The monoisotopic (exact) mass is 226 g/mol. The van der Waals surface area contributed by atoms with Gasteiger partial charge in [-0.15, -0.1) is 5.10 Å². The van der Waals surface area contributed by atoms with E-state index in [1.807, 2.05) is 24.3 Å². The summed E-state index contributed by atoms with van der Waals surface area (Å²) in [5.74, 6) is 0.896. The zero-order valence-electron chi connectivity index (χ0n) is 8.91. The molecule has 0 amide bonds. The second kappa shape index (κ2) is 3.44. The number of anilines is 2. The Labute approximate surface area is 96.9 Å². The molecule has 84 valence electrons. The van der Waals surface area contributed by atoms with Gasteiger partial charge in [0.05, 0.1) is 11.2 Å². The van der Waals surface area contributed by atoms with Crippen LogP contribution >= 0.6 is 0 Å². The van der Waals surface area contributed by atoms with E-state index in [2.05, 4.69) is 15.3 Å². The fourth-order valence-electron chi connectivity index (χ4n) is 1.63. The van der Waals surface area contributed by atoms with E-state index in [-0.39, 0.29) is 0 Å². The van der Waals surface area contributed by atoms with Crippen LogP contribution < -0.4 is 11.5 Å². The summed E-state index contributed by atoms with van der Waals surface area (Å²) in [7, 11) is 0. The minimum Gasteiger partial charge on any atom is -0.396 e. The van der Waals surface area contributed by atoms with E-state index in [0.29, 0.717) is 17.3 Å². The molecule has 4 N–H and O–H groups in total. The Balaban J connectivity index is 2.24. The third kappa shape index (κ3) is 1.46. The molecule has 0 unspecified atom stereocenters. The van der Waals surface area contributed by atoms with Gasteiger partial charge in [-0.3, -0.25) is 0 Å². The van der Waals surface area contributed by atoms with Crippen LogP contribution in [-0.2, 0) is 0 Å². The first kappa shape index (κ1) is 9.59. The highest BCUT2D eigenvalue weighted by Crippen LogP contribution is 2.17. The van der Waals surface area contributed by atoms with Gasteiger partial charge in [0.1, 0.15) is 11.3 Å². The van der Waals surface area contributed by atoms with Crippen LogP contribution in [0.2, 0.25) is 0 Å². The van der Waals surface area contributed by atoms with Crippen molar-refractivity contribution in [3.8, 4) is 5.82 Å². The molecule has 0 aliphatic carbocycles. The third-order valence-corrected chi connectivity index (χ3v) is 2.51. The van der Waals surface area contributed by atoms with Gasteiger partial charge in [-0.2, -0.15) is 4.68 Å². The molecule has 1 aromatic carbocycles. The number of aromatic nitrogens is 4. The van der Waals surface area contributed by atoms with Gasteiger partial charge in [0.15, 0.2) is 5.82 Å². The van der Waals surface area contributed by atoms with Crippen molar-refractivity contribution in [2.45, 2.75) is 0 Å². The van der Waals surface area contributed by atoms with Crippen LogP contribution in [0.4, 0.5) is 11.5 Å². The van der Waals surface area contributed by atoms with E-state index >= 15 is 0 Å². The molecule has 6 nitrogen and oxygen atoms in total. The summed E-state index contributed by atoms with van der Waals surface area (Å²) < 4.78 is 1.63. The van der Waals surface area contributed by atoms with Crippen molar-refractivity contribution in [2.75, 3.05) is 11.5 Å². The second-order valence-corrected chi connectivity index (χ2v) is 3.63. The Kier molecular flexibility index (Phi) is 1.94. The van der Waals surface area contributed by atoms with Crippen LogP contribution in [0.3, 0.4) is 0 Å². The molecule has 3 aromatic rings. The number of nitrogen functional groups attached to an aromatic ring is 2. The highest BCUT2D eigenvalue weighted by atomic mass is 15.4. The van der Waals surface area contributed by atoms with E-state index in [1.54, 1.807) is 16.8 Å². The Morgan fingerprint density at radius 1 is 1.00 bits per heavy atom. The van der Waals surface area contributed by atoms with Crippen LogP contribution in [0, 0.1) is 0 Å². The molecule has 0 fully saturated rings. The lowest BCUT2D eigenvalue weighted by atomic mass is 10.3. The Bertz CT molecular complexity index is 687. The highest BCUT2D eigenvalue weighted by molar-refractivity contribution is 5.75. The average molecular weight is 226 g/mol. The number of nitrogens with zero attached hydrogens (tertiary/aromatic N) is 4. The van der Waals surface area contributed by atoms with Crippen molar-refractivity contribution in [1.29, 1.82) is 0 Å². The summed E-state index contributed by atoms with van der Waals surface area (Å²) in [4.78, 5) is 4.18. The average Bonchev–Trinajstić information content (AvgIpc) is 2.76. The number of benzene rings is 1.